The fraction of sp³-hybridized carbons (Fsp3) is 0.400. The lowest BCUT2D eigenvalue weighted by Gasteiger charge is -2.29. The molecule has 0 atom stereocenters. The van der Waals surface area contributed by atoms with E-state index in [2.05, 4.69) is 0 Å². The van der Waals surface area contributed by atoms with Gasteiger partial charge >= 0.3 is 6.18 Å². The van der Waals surface area contributed by atoms with Crippen LogP contribution in [0.2, 0.25) is 5.02 Å². The van der Waals surface area contributed by atoms with Gasteiger partial charge in [-0.15, -0.1) is 0 Å². The number of nitrogens with two attached hydrogens (primary N) is 1. The monoisotopic (exact) mass is 332 g/mol. The van der Waals surface area contributed by atoms with E-state index >= 15 is 0 Å². The number of hydrogen-bond donors (Lipinski definition) is 1. The summed E-state index contributed by atoms with van der Waals surface area (Å²) in [6.07, 6.45) is -0.430. The van der Waals surface area contributed by atoms with Crippen LogP contribution in [0.3, 0.4) is 0 Å². The number of nitrogens with zero attached hydrogens (tertiary/aromatic N) is 1. The van der Waals surface area contributed by atoms with E-state index in [1.807, 2.05) is 0 Å². The maximum Gasteiger partial charge on any atom is 0.416 e. The van der Waals surface area contributed by atoms with Crippen molar-refractivity contribution >= 4 is 23.6 Å². The summed E-state index contributed by atoms with van der Waals surface area (Å²) in [5, 5.41) is 0.165. The van der Waals surface area contributed by atoms with Crippen LogP contribution in [-0.2, 0) is 11.0 Å². The summed E-state index contributed by atoms with van der Waals surface area (Å²) >= 11 is 5.87. The number of rotatable bonds is 2. The number of benzene rings is 1. The van der Waals surface area contributed by atoms with Crippen LogP contribution in [0.15, 0.2) is 24.3 Å². The first-order valence-corrected chi connectivity index (χ1v) is 7.24. The van der Waals surface area contributed by atoms with Gasteiger partial charge in [0.15, 0.2) is 0 Å². The summed E-state index contributed by atoms with van der Waals surface area (Å²) in [6, 6.07) is 3.12. The van der Waals surface area contributed by atoms with Gasteiger partial charge < -0.3 is 10.6 Å². The van der Waals surface area contributed by atoms with Crippen LogP contribution in [0.5, 0.6) is 0 Å². The highest BCUT2D eigenvalue weighted by Crippen LogP contribution is 2.32. The highest BCUT2D eigenvalue weighted by Gasteiger charge is 2.30. The van der Waals surface area contributed by atoms with Gasteiger partial charge in [0.05, 0.1) is 5.56 Å². The molecule has 2 N–H and O–H groups in total. The Balaban J connectivity index is 2.11. The third-order valence-electron chi connectivity index (χ3n) is 3.58. The van der Waals surface area contributed by atoms with Crippen LogP contribution in [0.1, 0.15) is 24.0 Å². The average Bonchev–Trinajstić information content (AvgIpc) is 2.45. The predicted molar refractivity (Wildman–Crippen MR) is 79.3 cm³/mol. The van der Waals surface area contributed by atoms with Crippen LogP contribution in [-0.4, -0.2) is 29.9 Å². The SMILES string of the molecule is NC1CCN(C(=O)/C=C/c2cc(C(F)(F)F)ccc2Cl)CC1. The number of hydrogen-bond acceptors (Lipinski definition) is 2. The standard InChI is InChI=1S/C15H16ClF3N2O/c16-13-3-2-11(15(17,18)19)9-10(13)1-4-14(22)21-7-5-12(20)6-8-21/h1-4,9,12H,5-8,20H2/b4-1+. The van der Waals surface area contributed by atoms with Gasteiger partial charge in [-0.05, 0) is 42.7 Å². The van der Waals surface area contributed by atoms with E-state index in [0.717, 1.165) is 25.0 Å². The number of likely N-dealkylation sites (tertiary alicyclic amines) is 1. The van der Waals surface area contributed by atoms with Crippen molar-refractivity contribution in [2.24, 2.45) is 5.73 Å². The minimum absolute atomic E-state index is 0.103. The number of halogens is 4. The molecule has 1 aromatic rings. The fourth-order valence-electron chi connectivity index (χ4n) is 2.23. The second-order valence-electron chi connectivity index (χ2n) is 5.23. The van der Waals surface area contributed by atoms with Gasteiger partial charge in [0, 0.05) is 30.2 Å². The van der Waals surface area contributed by atoms with Gasteiger partial charge in [0.25, 0.3) is 0 Å². The first-order valence-electron chi connectivity index (χ1n) is 6.86. The Morgan fingerprint density at radius 1 is 1.32 bits per heavy atom. The number of carbonyl (C=O) groups is 1. The lowest BCUT2D eigenvalue weighted by Crippen LogP contribution is -2.42. The molecule has 120 valence electrons. The normalized spacial score (nSPS) is 17.2. The first kappa shape index (κ1) is 16.8. The minimum Gasteiger partial charge on any atom is -0.339 e. The van der Waals surface area contributed by atoms with Gasteiger partial charge in [-0.25, -0.2) is 0 Å². The van der Waals surface area contributed by atoms with Crippen LogP contribution in [0.4, 0.5) is 13.2 Å². The molecule has 3 nitrogen and oxygen atoms in total. The molecule has 0 radical (unpaired) electrons. The molecular formula is C15H16ClF3N2O. The van der Waals surface area contributed by atoms with Gasteiger partial charge in [0.2, 0.25) is 5.91 Å². The first-order chi connectivity index (χ1) is 10.3. The molecular weight excluding hydrogens is 317 g/mol. The smallest absolute Gasteiger partial charge is 0.339 e. The molecule has 0 unspecified atom stereocenters. The number of amides is 1. The highest BCUT2D eigenvalue weighted by molar-refractivity contribution is 6.32. The lowest BCUT2D eigenvalue weighted by molar-refractivity contribution is -0.137. The molecule has 0 spiro atoms. The summed E-state index contributed by atoms with van der Waals surface area (Å²) < 4.78 is 38.0. The Kier molecular flexibility index (Phi) is 5.13. The quantitative estimate of drug-likeness (QED) is 0.844. The van der Waals surface area contributed by atoms with Gasteiger partial charge in [-0.3, -0.25) is 4.79 Å². The van der Waals surface area contributed by atoms with Crippen LogP contribution in [0.25, 0.3) is 6.08 Å². The largest absolute Gasteiger partial charge is 0.416 e. The van der Waals surface area contributed by atoms with Gasteiger partial charge in [-0.1, -0.05) is 11.6 Å². The molecule has 1 aliphatic heterocycles. The van der Waals surface area contributed by atoms with E-state index in [1.165, 1.54) is 18.2 Å². The van der Waals surface area contributed by atoms with Crippen molar-refractivity contribution in [1.29, 1.82) is 0 Å². The van der Waals surface area contributed by atoms with Crippen LogP contribution < -0.4 is 5.73 Å². The molecule has 0 aliphatic carbocycles. The summed E-state index contributed by atoms with van der Waals surface area (Å²) in [5.74, 6) is -0.250. The van der Waals surface area contributed by atoms with Crippen molar-refractivity contribution in [3.8, 4) is 0 Å². The Morgan fingerprint density at radius 3 is 2.55 bits per heavy atom. The third kappa shape index (κ3) is 4.24. The summed E-state index contributed by atoms with van der Waals surface area (Å²) in [6.45, 7) is 1.11. The molecule has 1 aliphatic rings. The molecule has 2 rings (SSSR count). The molecule has 1 aromatic carbocycles. The zero-order valence-electron chi connectivity index (χ0n) is 11.7. The van der Waals surface area contributed by atoms with Crippen molar-refractivity contribution in [1.82, 2.24) is 4.90 Å². The molecule has 1 amide bonds. The van der Waals surface area contributed by atoms with E-state index < -0.39 is 11.7 Å². The molecule has 1 saturated heterocycles. The Morgan fingerprint density at radius 2 is 1.95 bits per heavy atom. The molecule has 0 bridgehead atoms. The lowest BCUT2D eigenvalue weighted by atomic mass is 10.1. The highest BCUT2D eigenvalue weighted by atomic mass is 35.5. The zero-order valence-corrected chi connectivity index (χ0v) is 12.5. The van der Waals surface area contributed by atoms with E-state index in [1.54, 1.807) is 4.90 Å². The fourth-order valence-corrected chi connectivity index (χ4v) is 2.41. The molecule has 7 heteroatoms. The molecule has 1 fully saturated rings. The van der Waals surface area contributed by atoms with E-state index in [0.29, 0.717) is 13.1 Å². The molecule has 22 heavy (non-hydrogen) atoms. The zero-order chi connectivity index (χ0) is 16.3. The predicted octanol–water partition coefficient (Wildman–Crippen LogP) is 3.32. The maximum absolute atomic E-state index is 12.7. The van der Waals surface area contributed by atoms with Crippen molar-refractivity contribution in [2.45, 2.75) is 25.1 Å². The second kappa shape index (κ2) is 6.71. The van der Waals surface area contributed by atoms with E-state index in [9.17, 15) is 18.0 Å². The van der Waals surface area contributed by atoms with Crippen molar-refractivity contribution in [2.75, 3.05) is 13.1 Å². The molecule has 0 saturated carbocycles. The average molecular weight is 333 g/mol. The second-order valence-corrected chi connectivity index (χ2v) is 5.64. The Bertz CT molecular complexity index is 579. The van der Waals surface area contributed by atoms with Crippen LogP contribution >= 0.6 is 11.6 Å². The number of alkyl halides is 3. The third-order valence-corrected chi connectivity index (χ3v) is 3.92. The van der Waals surface area contributed by atoms with E-state index in [4.69, 9.17) is 17.3 Å². The Hall–Kier alpha value is -1.53. The van der Waals surface area contributed by atoms with Crippen LogP contribution in [0, 0.1) is 0 Å². The Labute approximate surface area is 131 Å². The maximum atomic E-state index is 12.7. The van der Waals surface area contributed by atoms with Gasteiger partial charge in [-0.2, -0.15) is 13.2 Å². The van der Waals surface area contributed by atoms with Gasteiger partial charge in [0.1, 0.15) is 0 Å². The van der Waals surface area contributed by atoms with E-state index in [-0.39, 0.29) is 22.5 Å². The summed E-state index contributed by atoms with van der Waals surface area (Å²) in [7, 11) is 0. The molecule has 1 heterocycles. The minimum atomic E-state index is -4.44. The summed E-state index contributed by atoms with van der Waals surface area (Å²) in [5.41, 5.74) is 5.13. The topological polar surface area (TPSA) is 46.3 Å². The summed E-state index contributed by atoms with van der Waals surface area (Å²) in [4.78, 5) is 13.6. The number of carbonyl (C=O) groups excluding carboxylic acids is 1. The molecule has 0 aromatic heterocycles. The van der Waals surface area contributed by atoms with Crippen molar-refractivity contribution in [3.63, 3.8) is 0 Å². The van der Waals surface area contributed by atoms with Crippen molar-refractivity contribution in [3.05, 3.63) is 40.4 Å². The number of piperidine rings is 1. The van der Waals surface area contributed by atoms with Crippen molar-refractivity contribution < 1.29 is 18.0 Å².